The largest absolute Gasteiger partial charge is 0.258 e. The van der Waals surface area contributed by atoms with Crippen molar-refractivity contribution in [1.82, 2.24) is 9.97 Å². The van der Waals surface area contributed by atoms with Crippen molar-refractivity contribution in [1.29, 1.82) is 0 Å². The zero-order valence-electron chi connectivity index (χ0n) is 6.20. The topological polar surface area (TPSA) is 25.8 Å². The molecule has 2 nitrogen and oxygen atoms in total. The molecule has 0 amide bonds. The SMILES string of the molecule is CC=Cc1nccnc1C. The lowest BCUT2D eigenvalue weighted by atomic mass is 10.3. The first kappa shape index (κ1) is 6.93. The summed E-state index contributed by atoms with van der Waals surface area (Å²) in [5, 5.41) is 0. The van der Waals surface area contributed by atoms with Crippen molar-refractivity contribution in [2.45, 2.75) is 13.8 Å². The lowest BCUT2D eigenvalue weighted by Crippen LogP contribution is -1.87. The fraction of sp³-hybridized carbons (Fsp3) is 0.250. The number of hydrogen-bond donors (Lipinski definition) is 0. The van der Waals surface area contributed by atoms with E-state index in [0.717, 1.165) is 11.4 Å². The quantitative estimate of drug-likeness (QED) is 0.585. The minimum Gasteiger partial charge on any atom is -0.258 e. The van der Waals surface area contributed by atoms with Gasteiger partial charge in [0.1, 0.15) is 0 Å². The van der Waals surface area contributed by atoms with Crippen LogP contribution in [0.3, 0.4) is 0 Å². The normalized spacial score (nSPS) is 10.6. The Labute approximate surface area is 60.6 Å². The summed E-state index contributed by atoms with van der Waals surface area (Å²) in [4.78, 5) is 8.20. The highest BCUT2D eigenvalue weighted by Gasteiger charge is 1.91. The highest BCUT2D eigenvalue weighted by Crippen LogP contribution is 2.00. The van der Waals surface area contributed by atoms with E-state index < -0.39 is 0 Å². The van der Waals surface area contributed by atoms with E-state index in [4.69, 9.17) is 0 Å². The number of allylic oxidation sites excluding steroid dienone is 1. The molecule has 0 aliphatic heterocycles. The molecule has 0 fully saturated rings. The minimum absolute atomic E-state index is 0.949. The first-order valence-corrected chi connectivity index (χ1v) is 3.25. The molecular weight excluding hydrogens is 124 g/mol. The van der Waals surface area contributed by atoms with Gasteiger partial charge in [-0.05, 0) is 19.9 Å². The number of rotatable bonds is 1. The van der Waals surface area contributed by atoms with E-state index in [9.17, 15) is 0 Å². The van der Waals surface area contributed by atoms with Crippen molar-refractivity contribution >= 4 is 6.08 Å². The van der Waals surface area contributed by atoms with Crippen molar-refractivity contribution < 1.29 is 0 Å². The number of aryl methyl sites for hydroxylation is 1. The van der Waals surface area contributed by atoms with Gasteiger partial charge in [-0.1, -0.05) is 6.08 Å². The van der Waals surface area contributed by atoms with E-state index >= 15 is 0 Å². The van der Waals surface area contributed by atoms with Gasteiger partial charge in [0.2, 0.25) is 0 Å². The molecule has 0 N–H and O–H groups in total. The summed E-state index contributed by atoms with van der Waals surface area (Å²) in [6.45, 7) is 3.91. The Kier molecular flexibility index (Phi) is 2.15. The van der Waals surface area contributed by atoms with Gasteiger partial charge in [0.15, 0.2) is 0 Å². The Morgan fingerprint density at radius 3 is 2.60 bits per heavy atom. The summed E-state index contributed by atoms with van der Waals surface area (Å²) < 4.78 is 0. The zero-order chi connectivity index (χ0) is 7.40. The van der Waals surface area contributed by atoms with Crippen LogP contribution in [0, 0.1) is 6.92 Å². The van der Waals surface area contributed by atoms with Crippen LogP contribution in [-0.2, 0) is 0 Å². The van der Waals surface area contributed by atoms with Crippen molar-refractivity contribution in [2.24, 2.45) is 0 Å². The second-order valence-electron chi connectivity index (χ2n) is 2.03. The maximum atomic E-state index is 4.12. The van der Waals surface area contributed by atoms with Crippen LogP contribution in [-0.4, -0.2) is 9.97 Å². The average molecular weight is 134 g/mol. The van der Waals surface area contributed by atoms with Gasteiger partial charge in [-0.25, -0.2) is 0 Å². The number of nitrogens with zero attached hydrogens (tertiary/aromatic N) is 2. The van der Waals surface area contributed by atoms with Gasteiger partial charge in [0.25, 0.3) is 0 Å². The highest BCUT2D eigenvalue weighted by molar-refractivity contribution is 5.45. The predicted octanol–water partition coefficient (Wildman–Crippen LogP) is 1.82. The van der Waals surface area contributed by atoms with E-state index in [1.165, 1.54) is 0 Å². The lowest BCUT2D eigenvalue weighted by molar-refractivity contribution is 1.10. The molecule has 0 spiro atoms. The van der Waals surface area contributed by atoms with Crippen LogP contribution in [0.4, 0.5) is 0 Å². The third-order valence-corrected chi connectivity index (χ3v) is 1.24. The first-order valence-electron chi connectivity index (χ1n) is 3.25. The van der Waals surface area contributed by atoms with Gasteiger partial charge >= 0.3 is 0 Å². The molecule has 0 aliphatic rings. The zero-order valence-corrected chi connectivity index (χ0v) is 6.20. The third-order valence-electron chi connectivity index (χ3n) is 1.24. The molecule has 0 saturated heterocycles. The van der Waals surface area contributed by atoms with Crippen molar-refractivity contribution in [2.75, 3.05) is 0 Å². The Morgan fingerprint density at radius 1 is 1.30 bits per heavy atom. The maximum Gasteiger partial charge on any atom is 0.0838 e. The molecule has 0 bridgehead atoms. The van der Waals surface area contributed by atoms with E-state index in [1.54, 1.807) is 12.4 Å². The smallest absolute Gasteiger partial charge is 0.0838 e. The number of hydrogen-bond acceptors (Lipinski definition) is 2. The standard InChI is InChI=1S/C8H10N2/c1-3-4-8-7(2)9-5-6-10-8/h3-6H,1-2H3. The highest BCUT2D eigenvalue weighted by atomic mass is 14.8. The van der Waals surface area contributed by atoms with E-state index in [2.05, 4.69) is 9.97 Å². The first-order chi connectivity index (χ1) is 4.84. The van der Waals surface area contributed by atoms with Crippen molar-refractivity contribution in [3.63, 3.8) is 0 Å². The molecule has 0 unspecified atom stereocenters. The fourth-order valence-corrected chi connectivity index (χ4v) is 0.740. The summed E-state index contributed by atoms with van der Waals surface area (Å²) in [7, 11) is 0. The monoisotopic (exact) mass is 134 g/mol. The summed E-state index contributed by atoms with van der Waals surface area (Å²) in [6.07, 6.45) is 7.30. The molecule has 1 heterocycles. The average Bonchev–Trinajstić information content (AvgIpc) is 1.94. The van der Waals surface area contributed by atoms with Gasteiger partial charge in [-0.15, -0.1) is 0 Å². The summed E-state index contributed by atoms with van der Waals surface area (Å²) >= 11 is 0. The molecule has 0 atom stereocenters. The fourth-order valence-electron chi connectivity index (χ4n) is 0.740. The van der Waals surface area contributed by atoms with Gasteiger partial charge in [-0.3, -0.25) is 9.97 Å². The molecule has 1 rings (SSSR count). The molecular formula is C8H10N2. The molecule has 52 valence electrons. The number of aromatic nitrogens is 2. The predicted molar refractivity (Wildman–Crippen MR) is 41.5 cm³/mol. The van der Waals surface area contributed by atoms with Gasteiger partial charge < -0.3 is 0 Å². The molecule has 0 saturated carbocycles. The Morgan fingerprint density at radius 2 is 2.00 bits per heavy atom. The van der Waals surface area contributed by atoms with Crippen LogP contribution in [0.1, 0.15) is 18.3 Å². The minimum atomic E-state index is 0.949. The Bertz CT molecular complexity index is 241. The summed E-state index contributed by atoms with van der Waals surface area (Å²) in [5.41, 5.74) is 1.92. The van der Waals surface area contributed by atoms with Crippen LogP contribution in [0.5, 0.6) is 0 Å². The second-order valence-corrected chi connectivity index (χ2v) is 2.03. The second kappa shape index (κ2) is 3.11. The summed E-state index contributed by atoms with van der Waals surface area (Å²) in [6, 6.07) is 0. The van der Waals surface area contributed by atoms with Crippen LogP contribution in [0.25, 0.3) is 6.08 Å². The van der Waals surface area contributed by atoms with Crippen molar-refractivity contribution in [3.05, 3.63) is 29.9 Å². The van der Waals surface area contributed by atoms with E-state index in [0.29, 0.717) is 0 Å². The Hall–Kier alpha value is -1.18. The molecule has 2 heteroatoms. The molecule has 1 aromatic rings. The van der Waals surface area contributed by atoms with Gasteiger partial charge in [0, 0.05) is 12.4 Å². The summed E-state index contributed by atoms with van der Waals surface area (Å²) in [5.74, 6) is 0. The van der Waals surface area contributed by atoms with Crippen LogP contribution < -0.4 is 0 Å². The lowest BCUT2D eigenvalue weighted by Gasteiger charge is -1.94. The molecule has 1 aromatic heterocycles. The molecule has 0 aliphatic carbocycles. The maximum absolute atomic E-state index is 4.12. The van der Waals surface area contributed by atoms with Gasteiger partial charge in [0.05, 0.1) is 11.4 Å². The van der Waals surface area contributed by atoms with E-state index in [1.807, 2.05) is 26.0 Å². The van der Waals surface area contributed by atoms with E-state index in [-0.39, 0.29) is 0 Å². The molecule has 10 heavy (non-hydrogen) atoms. The molecule has 0 radical (unpaired) electrons. The van der Waals surface area contributed by atoms with Crippen LogP contribution in [0.15, 0.2) is 18.5 Å². The third kappa shape index (κ3) is 1.41. The van der Waals surface area contributed by atoms with Crippen LogP contribution in [0.2, 0.25) is 0 Å². The van der Waals surface area contributed by atoms with Crippen LogP contribution >= 0.6 is 0 Å². The Balaban J connectivity index is 3.03. The van der Waals surface area contributed by atoms with Gasteiger partial charge in [-0.2, -0.15) is 0 Å². The molecule has 0 aromatic carbocycles. The van der Waals surface area contributed by atoms with Crippen molar-refractivity contribution in [3.8, 4) is 0 Å².